The molecule has 0 amide bonds. The second kappa shape index (κ2) is 4.58. The van der Waals surface area contributed by atoms with Gasteiger partial charge in [-0.2, -0.15) is 0 Å². The number of carbonyl (C=O) groups is 2. The maximum atomic E-state index is 13.4. The topological polar surface area (TPSA) is 71.1 Å². The number of fused-ring (bicyclic) bond motifs is 1. The van der Waals surface area contributed by atoms with Gasteiger partial charge in [0.15, 0.2) is 12.3 Å². The minimum Gasteiger partial charge on any atom is -0.453 e. The van der Waals surface area contributed by atoms with Crippen molar-refractivity contribution in [3.05, 3.63) is 0 Å². The second-order valence-corrected chi connectivity index (χ2v) is 3.97. The Morgan fingerprint density at radius 1 is 1.18 bits per heavy atom. The molecular weight excluding hydrogens is 235 g/mol. The maximum Gasteiger partial charge on any atom is 0.305 e. The van der Waals surface area contributed by atoms with E-state index < -0.39 is 42.7 Å². The fourth-order valence-electron chi connectivity index (χ4n) is 2.00. The van der Waals surface area contributed by atoms with Crippen LogP contribution in [0.4, 0.5) is 4.39 Å². The zero-order valence-corrected chi connectivity index (χ0v) is 9.42. The van der Waals surface area contributed by atoms with E-state index in [0.29, 0.717) is 0 Å². The van der Waals surface area contributed by atoms with E-state index in [0.717, 1.165) is 0 Å². The molecule has 2 heterocycles. The third-order valence-corrected chi connectivity index (χ3v) is 2.60. The summed E-state index contributed by atoms with van der Waals surface area (Å²) in [5.41, 5.74) is 0. The van der Waals surface area contributed by atoms with E-state index >= 15 is 0 Å². The molecule has 2 aliphatic rings. The van der Waals surface area contributed by atoms with Gasteiger partial charge in [0.05, 0.1) is 6.61 Å². The van der Waals surface area contributed by atoms with Crippen LogP contribution in [0.1, 0.15) is 13.8 Å². The van der Waals surface area contributed by atoms with Gasteiger partial charge in [-0.25, -0.2) is 4.39 Å². The highest BCUT2D eigenvalue weighted by atomic mass is 19.1. The number of alkyl halides is 1. The molecule has 2 rings (SSSR count). The largest absolute Gasteiger partial charge is 0.453 e. The predicted molar refractivity (Wildman–Crippen MR) is 50.6 cm³/mol. The average molecular weight is 248 g/mol. The van der Waals surface area contributed by atoms with Crippen molar-refractivity contribution in [1.29, 1.82) is 0 Å². The molecule has 2 fully saturated rings. The summed E-state index contributed by atoms with van der Waals surface area (Å²) in [6.45, 7) is 2.29. The molecule has 0 N–H and O–H groups in total. The number of hydrogen-bond donors (Lipinski definition) is 0. The zero-order valence-electron chi connectivity index (χ0n) is 9.42. The van der Waals surface area contributed by atoms with Crippen LogP contribution in [0.3, 0.4) is 0 Å². The Labute approximate surface area is 97.0 Å². The number of esters is 2. The van der Waals surface area contributed by atoms with Crippen LogP contribution >= 0.6 is 0 Å². The van der Waals surface area contributed by atoms with Crippen LogP contribution in [-0.2, 0) is 28.5 Å². The standard InChI is InChI=1S/C10H13FO6/c1-4(12)15-9-8-7(6(11)3-14-8)17-10(9)16-5(2)13/h6-10H,3H2,1-2H3/t6-,7-,8+,9-,10+/m1/s1. The Morgan fingerprint density at radius 2 is 1.82 bits per heavy atom. The highest BCUT2D eigenvalue weighted by molar-refractivity contribution is 5.67. The van der Waals surface area contributed by atoms with Crippen molar-refractivity contribution in [2.45, 2.75) is 44.6 Å². The molecule has 2 saturated heterocycles. The van der Waals surface area contributed by atoms with Gasteiger partial charge in [-0.05, 0) is 0 Å². The van der Waals surface area contributed by atoms with Gasteiger partial charge in [0.25, 0.3) is 0 Å². The Balaban J connectivity index is 2.10. The molecule has 0 saturated carbocycles. The van der Waals surface area contributed by atoms with E-state index in [9.17, 15) is 14.0 Å². The summed E-state index contributed by atoms with van der Waals surface area (Å²) in [7, 11) is 0. The maximum absolute atomic E-state index is 13.4. The predicted octanol–water partition coefficient (Wildman–Crippen LogP) is -0.0570. The molecule has 0 aromatic carbocycles. The van der Waals surface area contributed by atoms with Crippen LogP contribution in [0.5, 0.6) is 0 Å². The zero-order chi connectivity index (χ0) is 12.6. The SMILES string of the molecule is CC(=O)O[C@H]1O[C@H]2[C@H](OC[C@H]2F)[C@H]1OC(C)=O. The average Bonchev–Trinajstić information content (AvgIpc) is 2.69. The van der Waals surface area contributed by atoms with Crippen molar-refractivity contribution < 1.29 is 32.9 Å². The van der Waals surface area contributed by atoms with Crippen molar-refractivity contribution in [3.8, 4) is 0 Å². The molecule has 96 valence electrons. The first kappa shape index (κ1) is 12.3. The van der Waals surface area contributed by atoms with Crippen molar-refractivity contribution in [2.24, 2.45) is 0 Å². The van der Waals surface area contributed by atoms with Gasteiger partial charge in [-0.1, -0.05) is 0 Å². The van der Waals surface area contributed by atoms with E-state index in [1.54, 1.807) is 0 Å². The molecule has 0 radical (unpaired) electrons. The van der Waals surface area contributed by atoms with E-state index in [2.05, 4.69) is 0 Å². The quantitative estimate of drug-likeness (QED) is 0.638. The number of hydrogen-bond acceptors (Lipinski definition) is 6. The van der Waals surface area contributed by atoms with Gasteiger partial charge in [0.2, 0.25) is 6.29 Å². The lowest BCUT2D eigenvalue weighted by Crippen LogP contribution is -2.38. The van der Waals surface area contributed by atoms with E-state index in [1.165, 1.54) is 13.8 Å². The Kier molecular flexibility index (Phi) is 3.30. The molecular formula is C10H13FO6. The highest BCUT2D eigenvalue weighted by Crippen LogP contribution is 2.35. The summed E-state index contributed by atoms with van der Waals surface area (Å²) in [4.78, 5) is 21.8. The summed E-state index contributed by atoms with van der Waals surface area (Å²) in [5, 5.41) is 0. The van der Waals surface area contributed by atoms with Crippen molar-refractivity contribution >= 4 is 11.9 Å². The van der Waals surface area contributed by atoms with E-state index in [1.807, 2.05) is 0 Å². The fourth-order valence-corrected chi connectivity index (χ4v) is 2.00. The summed E-state index contributed by atoms with van der Waals surface area (Å²) in [6.07, 6.45) is -4.91. The van der Waals surface area contributed by atoms with E-state index in [4.69, 9.17) is 18.9 Å². The Morgan fingerprint density at radius 3 is 2.41 bits per heavy atom. The van der Waals surface area contributed by atoms with Gasteiger partial charge < -0.3 is 18.9 Å². The van der Waals surface area contributed by atoms with Crippen LogP contribution in [0.25, 0.3) is 0 Å². The number of rotatable bonds is 2. The Hall–Kier alpha value is -1.21. The number of ether oxygens (including phenoxy) is 4. The molecule has 17 heavy (non-hydrogen) atoms. The monoisotopic (exact) mass is 248 g/mol. The molecule has 0 aliphatic carbocycles. The molecule has 0 bridgehead atoms. The number of carbonyl (C=O) groups excluding carboxylic acids is 2. The highest BCUT2D eigenvalue weighted by Gasteiger charge is 2.56. The molecule has 6 nitrogen and oxygen atoms in total. The molecule has 2 aliphatic heterocycles. The fraction of sp³-hybridized carbons (Fsp3) is 0.800. The first-order valence-electron chi connectivity index (χ1n) is 5.24. The van der Waals surface area contributed by atoms with Crippen molar-refractivity contribution in [2.75, 3.05) is 6.61 Å². The summed E-state index contributed by atoms with van der Waals surface area (Å²) in [6, 6.07) is 0. The van der Waals surface area contributed by atoms with Crippen molar-refractivity contribution in [3.63, 3.8) is 0 Å². The molecule has 0 spiro atoms. The van der Waals surface area contributed by atoms with Gasteiger partial charge in [-0.3, -0.25) is 9.59 Å². The van der Waals surface area contributed by atoms with Crippen LogP contribution in [0.2, 0.25) is 0 Å². The molecule has 5 atom stereocenters. The van der Waals surface area contributed by atoms with Crippen LogP contribution in [-0.4, -0.2) is 49.3 Å². The first-order chi connectivity index (χ1) is 7.99. The van der Waals surface area contributed by atoms with Crippen LogP contribution < -0.4 is 0 Å². The van der Waals surface area contributed by atoms with Gasteiger partial charge in [0, 0.05) is 13.8 Å². The second-order valence-electron chi connectivity index (χ2n) is 3.97. The summed E-state index contributed by atoms with van der Waals surface area (Å²) in [5.74, 6) is -1.16. The molecule has 0 unspecified atom stereocenters. The summed E-state index contributed by atoms with van der Waals surface area (Å²) >= 11 is 0. The lowest BCUT2D eigenvalue weighted by Gasteiger charge is -2.20. The third-order valence-electron chi connectivity index (χ3n) is 2.60. The molecule has 0 aromatic rings. The first-order valence-corrected chi connectivity index (χ1v) is 5.24. The third kappa shape index (κ3) is 2.39. The minimum atomic E-state index is -1.31. The molecule has 7 heteroatoms. The number of halogens is 1. The lowest BCUT2D eigenvalue weighted by molar-refractivity contribution is -0.200. The lowest BCUT2D eigenvalue weighted by atomic mass is 10.1. The van der Waals surface area contributed by atoms with Gasteiger partial charge >= 0.3 is 11.9 Å². The van der Waals surface area contributed by atoms with Crippen molar-refractivity contribution in [1.82, 2.24) is 0 Å². The smallest absolute Gasteiger partial charge is 0.305 e. The van der Waals surface area contributed by atoms with E-state index in [-0.39, 0.29) is 6.61 Å². The summed E-state index contributed by atoms with van der Waals surface area (Å²) < 4.78 is 33.5. The Bertz CT molecular complexity index is 333. The van der Waals surface area contributed by atoms with Crippen LogP contribution in [0, 0.1) is 0 Å². The minimum absolute atomic E-state index is 0.111. The van der Waals surface area contributed by atoms with Gasteiger partial charge in [-0.15, -0.1) is 0 Å². The van der Waals surface area contributed by atoms with Crippen LogP contribution in [0.15, 0.2) is 0 Å². The molecule has 0 aromatic heterocycles. The normalized spacial score (nSPS) is 39.8. The van der Waals surface area contributed by atoms with Gasteiger partial charge in [0.1, 0.15) is 12.2 Å².